The first kappa shape index (κ1) is 22.5. The summed E-state index contributed by atoms with van der Waals surface area (Å²) < 4.78 is 5.89. The van der Waals surface area contributed by atoms with Crippen LogP contribution in [0.5, 0.6) is 5.75 Å². The summed E-state index contributed by atoms with van der Waals surface area (Å²) in [5.74, 6) is 6.93. The Hall–Kier alpha value is -4.67. The second kappa shape index (κ2) is 10.8. The lowest BCUT2D eigenvalue weighted by atomic mass is 9.97. The number of hydrogen-bond acceptors (Lipinski definition) is 6. The van der Waals surface area contributed by atoms with Crippen molar-refractivity contribution in [2.75, 3.05) is 19.7 Å². The van der Waals surface area contributed by atoms with Gasteiger partial charge in [0.15, 0.2) is 6.61 Å². The van der Waals surface area contributed by atoms with Crippen LogP contribution in [0, 0.1) is 40.4 Å². The van der Waals surface area contributed by atoms with Gasteiger partial charge in [-0.25, -0.2) is 4.98 Å². The predicted molar refractivity (Wildman–Crippen MR) is 125 cm³/mol. The monoisotopic (exact) mass is 447 g/mol. The van der Waals surface area contributed by atoms with Crippen molar-refractivity contribution in [1.82, 2.24) is 14.9 Å². The summed E-state index contributed by atoms with van der Waals surface area (Å²) in [5, 5.41) is 18.3. The van der Waals surface area contributed by atoms with Gasteiger partial charge in [-0.15, -0.1) is 0 Å². The van der Waals surface area contributed by atoms with E-state index in [0.717, 1.165) is 18.4 Å². The first-order valence-corrected chi connectivity index (χ1v) is 10.9. The minimum Gasteiger partial charge on any atom is -0.483 e. The van der Waals surface area contributed by atoms with E-state index in [1.165, 1.54) is 0 Å². The number of hydrogen-bond donors (Lipinski definition) is 0. The van der Waals surface area contributed by atoms with Crippen molar-refractivity contribution in [3.8, 4) is 40.9 Å². The maximum Gasteiger partial charge on any atom is 0.260 e. The minimum atomic E-state index is -0.0921. The van der Waals surface area contributed by atoms with Crippen LogP contribution in [0.25, 0.3) is 11.1 Å². The van der Waals surface area contributed by atoms with Crippen LogP contribution in [0.1, 0.15) is 29.7 Å². The van der Waals surface area contributed by atoms with E-state index in [9.17, 15) is 10.1 Å². The highest BCUT2D eigenvalue weighted by molar-refractivity contribution is 5.79. The van der Waals surface area contributed by atoms with Gasteiger partial charge < -0.3 is 9.64 Å². The van der Waals surface area contributed by atoms with E-state index >= 15 is 0 Å². The summed E-state index contributed by atoms with van der Waals surface area (Å²) in [7, 11) is 0. The van der Waals surface area contributed by atoms with E-state index < -0.39 is 0 Å². The molecule has 0 unspecified atom stereocenters. The molecule has 1 aromatic heterocycles. The van der Waals surface area contributed by atoms with E-state index in [4.69, 9.17) is 10.00 Å². The molecule has 1 saturated heterocycles. The van der Waals surface area contributed by atoms with Crippen molar-refractivity contribution in [1.29, 1.82) is 10.5 Å². The van der Waals surface area contributed by atoms with E-state index in [-0.39, 0.29) is 18.4 Å². The lowest BCUT2D eigenvalue weighted by Gasteiger charge is -2.29. The molecule has 1 aliphatic rings. The van der Waals surface area contributed by atoms with Crippen molar-refractivity contribution in [2.45, 2.75) is 12.8 Å². The number of carbonyl (C=O) groups excluding carboxylic acids is 1. The molecule has 2 heterocycles. The number of benzene rings is 2. The first-order valence-electron chi connectivity index (χ1n) is 10.9. The lowest BCUT2D eigenvalue weighted by Crippen LogP contribution is -2.40. The largest absolute Gasteiger partial charge is 0.483 e. The molecule has 0 aliphatic carbocycles. The molecule has 166 valence electrons. The van der Waals surface area contributed by atoms with Crippen LogP contribution in [0.2, 0.25) is 0 Å². The molecule has 1 fully saturated rings. The molecule has 0 N–H and O–H groups in total. The van der Waals surface area contributed by atoms with E-state index in [1.54, 1.807) is 66.0 Å². The van der Waals surface area contributed by atoms with Gasteiger partial charge in [0.2, 0.25) is 0 Å². The van der Waals surface area contributed by atoms with E-state index in [0.29, 0.717) is 41.2 Å². The number of amides is 1. The Morgan fingerprint density at radius 2 is 1.76 bits per heavy atom. The summed E-state index contributed by atoms with van der Waals surface area (Å²) in [6, 6.07) is 16.3. The van der Waals surface area contributed by atoms with Gasteiger partial charge in [-0.1, -0.05) is 18.1 Å². The van der Waals surface area contributed by atoms with Gasteiger partial charge in [-0.2, -0.15) is 10.5 Å². The zero-order valence-corrected chi connectivity index (χ0v) is 18.4. The molecule has 34 heavy (non-hydrogen) atoms. The Labute approximate surface area is 198 Å². The van der Waals surface area contributed by atoms with Crippen molar-refractivity contribution in [3.63, 3.8) is 0 Å². The molecule has 7 heteroatoms. The van der Waals surface area contributed by atoms with Crippen LogP contribution in [-0.4, -0.2) is 40.5 Å². The van der Waals surface area contributed by atoms with Crippen LogP contribution >= 0.6 is 0 Å². The first-order chi connectivity index (χ1) is 16.7. The summed E-state index contributed by atoms with van der Waals surface area (Å²) in [6.07, 6.45) is 6.46. The molecule has 0 spiro atoms. The lowest BCUT2D eigenvalue weighted by molar-refractivity contribution is -0.134. The Morgan fingerprint density at radius 1 is 1.03 bits per heavy atom. The van der Waals surface area contributed by atoms with Crippen LogP contribution in [-0.2, 0) is 4.79 Å². The second-order valence-corrected chi connectivity index (χ2v) is 7.82. The smallest absolute Gasteiger partial charge is 0.260 e. The average molecular weight is 447 g/mol. The van der Waals surface area contributed by atoms with Gasteiger partial charge in [0.25, 0.3) is 5.91 Å². The summed E-state index contributed by atoms with van der Waals surface area (Å²) in [6.45, 7) is 1.15. The fourth-order valence-corrected chi connectivity index (χ4v) is 3.72. The summed E-state index contributed by atoms with van der Waals surface area (Å²) in [4.78, 5) is 22.7. The Kier molecular flexibility index (Phi) is 7.13. The highest BCUT2D eigenvalue weighted by Crippen LogP contribution is 2.31. The van der Waals surface area contributed by atoms with Gasteiger partial charge in [0, 0.05) is 37.0 Å². The fourth-order valence-electron chi connectivity index (χ4n) is 3.72. The predicted octanol–water partition coefficient (Wildman–Crippen LogP) is 3.56. The molecule has 0 saturated carbocycles. The molecule has 0 atom stereocenters. The van der Waals surface area contributed by atoms with Crippen molar-refractivity contribution in [2.24, 2.45) is 5.92 Å². The Bertz CT molecular complexity index is 1300. The molecule has 3 aromatic rings. The second-order valence-electron chi connectivity index (χ2n) is 7.82. The van der Waals surface area contributed by atoms with Crippen LogP contribution in [0.4, 0.5) is 0 Å². The summed E-state index contributed by atoms with van der Waals surface area (Å²) in [5.41, 5.74) is 3.19. The standard InChI is InChI=1S/C27H21N5O2/c28-16-21-1-5-23(6-2-21)25-15-22(17-29)4-8-26(25)34-19-27(33)32-13-9-20(10-14-32)3-7-24-18-30-11-12-31-24/h1-2,4-6,8,11-12,15,18,20H,9-10,13-14,19H2. The zero-order valence-electron chi connectivity index (χ0n) is 18.4. The van der Waals surface area contributed by atoms with Crippen LogP contribution in [0.15, 0.2) is 61.1 Å². The molecule has 0 bridgehead atoms. The number of piperidine rings is 1. The van der Waals surface area contributed by atoms with Crippen molar-refractivity contribution < 1.29 is 9.53 Å². The minimum absolute atomic E-state index is 0.0875. The zero-order chi connectivity index (χ0) is 23.8. The van der Waals surface area contributed by atoms with Gasteiger partial charge in [0.05, 0.1) is 29.5 Å². The Balaban J connectivity index is 1.37. The number of nitriles is 2. The number of ether oxygens (including phenoxy) is 1. The third-order valence-electron chi connectivity index (χ3n) is 5.60. The molecule has 0 radical (unpaired) electrons. The van der Waals surface area contributed by atoms with E-state index in [1.807, 2.05) is 0 Å². The number of likely N-dealkylation sites (tertiary alicyclic amines) is 1. The average Bonchev–Trinajstić information content (AvgIpc) is 2.91. The van der Waals surface area contributed by atoms with Gasteiger partial charge in [-0.05, 0) is 54.7 Å². The normalized spacial score (nSPS) is 13.2. The molecule has 1 amide bonds. The van der Waals surface area contributed by atoms with Crippen LogP contribution in [0.3, 0.4) is 0 Å². The number of nitrogens with zero attached hydrogens (tertiary/aromatic N) is 5. The van der Waals surface area contributed by atoms with E-state index in [2.05, 4.69) is 33.9 Å². The maximum atomic E-state index is 12.8. The van der Waals surface area contributed by atoms with Gasteiger partial charge in [-0.3, -0.25) is 9.78 Å². The molecule has 2 aromatic carbocycles. The van der Waals surface area contributed by atoms with Crippen LogP contribution < -0.4 is 4.74 Å². The SMILES string of the molecule is N#Cc1ccc(-c2cc(C#N)ccc2OCC(=O)N2CCC(C#Cc3cnccn3)CC2)cc1. The van der Waals surface area contributed by atoms with Gasteiger partial charge in [0.1, 0.15) is 11.4 Å². The third-order valence-corrected chi connectivity index (χ3v) is 5.60. The number of carbonyl (C=O) groups is 1. The van der Waals surface area contributed by atoms with Crippen molar-refractivity contribution >= 4 is 5.91 Å². The van der Waals surface area contributed by atoms with Crippen molar-refractivity contribution in [3.05, 3.63) is 77.9 Å². The quantitative estimate of drug-likeness (QED) is 0.567. The maximum absolute atomic E-state index is 12.8. The molecular weight excluding hydrogens is 426 g/mol. The fraction of sp³-hybridized carbons (Fsp3) is 0.222. The highest BCUT2D eigenvalue weighted by Gasteiger charge is 2.22. The summed E-state index contributed by atoms with van der Waals surface area (Å²) >= 11 is 0. The topological polar surface area (TPSA) is 103 Å². The molecule has 1 aliphatic heterocycles. The Morgan fingerprint density at radius 3 is 2.44 bits per heavy atom. The molecule has 7 nitrogen and oxygen atoms in total. The number of rotatable bonds is 4. The highest BCUT2D eigenvalue weighted by atomic mass is 16.5. The number of aromatic nitrogens is 2. The molecular formula is C27H21N5O2. The third kappa shape index (κ3) is 5.57. The van der Waals surface area contributed by atoms with Gasteiger partial charge >= 0.3 is 0 Å². The molecule has 4 rings (SSSR count).